The number of aliphatic hydroxyl groups excluding tert-OH is 3. The first kappa shape index (κ1) is 14.1. The minimum absolute atomic E-state index is 0.642. The zero-order chi connectivity index (χ0) is 13.2. The van der Waals surface area contributed by atoms with Crippen LogP contribution in [0, 0.1) is 0 Å². The van der Waals surface area contributed by atoms with E-state index < -0.39 is 47.6 Å². The highest BCUT2D eigenvalue weighted by molar-refractivity contribution is 7.84. The summed E-state index contributed by atoms with van der Waals surface area (Å²) in [5.41, 5.74) is 0. The van der Waals surface area contributed by atoms with Crippen LogP contribution in [0.1, 0.15) is 0 Å². The molecule has 11 heteroatoms. The summed E-state index contributed by atoms with van der Waals surface area (Å²) in [5, 5.41) is 27.3. The van der Waals surface area contributed by atoms with Crippen LogP contribution >= 0.6 is 0 Å². The van der Waals surface area contributed by atoms with Gasteiger partial charge in [-0.25, -0.2) is 17.9 Å². The largest absolute Gasteiger partial charge is 0.731 e. The molecule has 0 spiro atoms. The van der Waals surface area contributed by atoms with Gasteiger partial charge in [-0.3, -0.25) is 0 Å². The van der Waals surface area contributed by atoms with Crippen LogP contribution in [0.4, 0.5) is 4.79 Å². The molecular weight excluding hydrogens is 262 g/mol. The number of amides is 1. The van der Waals surface area contributed by atoms with Crippen LogP contribution in [0.15, 0.2) is 0 Å². The van der Waals surface area contributed by atoms with Crippen molar-refractivity contribution in [2.24, 2.45) is 0 Å². The Kier molecular flexibility index (Phi) is 4.24. The summed E-state index contributed by atoms with van der Waals surface area (Å²) in [7, 11) is -4.98. The summed E-state index contributed by atoms with van der Waals surface area (Å²) in [6.45, 7) is -0.642. The Morgan fingerprint density at radius 1 is 1.35 bits per heavy atom. The smallest absolute Gasteiger partial charge is 0.420 e. The summed E-state index contributed by atoms with van der Waals surface area (Å²) in [6.07, 6.45) is -7.46. The second-order valence-electron chi connectivity index (χ2n) is 3.20. The molecule has 10 nitrogen and oxygen atoms in total. The third-order valence-corrected chi connectivity index (χ3v) is 2.34. The van der Waals surface area contributed by atoms with Gasteiger partial charge in [-0.2, -0.15) is 0 Å². The Labute approximate surface area is 95.6 Å². The maximum absolute atomic E-state index is 10.7. The maximum Gasteiger partial charge on any atom is 0.420 e. The van der Waals surface area contributed by atoms with Gasteiger partial charge < -0.3 is 29.3 Å². The van der Waals surface area contributed by atoms with E-state index >= 15 is 0 Å². The van der Waals surface area contributed by atoms with Crippen LogP contribution in [0.3, 0.4) is 0 Å². The fraction of sp³-hybridized carbons (Fsp3) is 0.833. The molecule has 0 aromatic carbocycles. The molecule has 0 radical (unpaired) electrons. The molecule has 0 unspecified atom stereocenters. The van der Waals surface area contributed by atoms with Gasteiger partial charge in [-0.1, -0.05) is 0 Å². The molecule has 0 aliphatic carbocycles. The highest BCUT2D eigenvalue weighted by atomic mass is 32.2. The van der Waals surface area contributed by atoms with Gasteiger partial charge >= 0.3 is 6.09 Å². The molecule has 1 aliphatic rings. The lowest BCUT2D eigenvalue weighted by atomic mass is 10.1. The quantitative estimate of drug-likeness (QED) is 0.383. The Hall–Kier alpha value is -0.980. The van der Waals surface area contributed by atoms with Crippen molar-refractivity contribution < 1.29 is 42.6 Å². The first-order chi connectivity index (χ1) is 7.70. The summed E-state index contributed by atoms with van der Waals surface area (Å²) in [5.74, 6) is 0. The van der Waals surface area contributed by atoms with Crippen LogP contribution in [-0.4, -0.2) is 65.6 Å². The minimum Gasteiger partial charge on any atom is -0.731 e. The third kappa shape index (κ3) is 4.07. The molecular formula is C6H10NO9S-. The number of rotatable bonds is 3. The topological polar surface area (TPSA) is 165 Å². The normalized spacial score (nSPS) is 33.4. The molecule has 4 atom stereocenters. The van der Waals surface area contributed by atoms with Gasteiger partial charge in [0.05, 0.1) is 0 Å². The van der Waals surface area contributed by atoms with E-state index in [9.17, 15) is 22.9 Å². The highest BCUT2D eigenvalue weighted by Gasteiger charge is 2.42. The number of ether oxygens (including phenoxy) is 2. The Balaban J connectivity index is 2.40. The second kappa shape index (κ2) is 5.12. The Morgan fingerprint density at radius 3 is 2.35 bits per heavy atom. The van der Waals surface area contributed by atoms with Crippen molar-refractivity contribution in [1.82, 2.24) is 4.72 Å². The van der Waals surface area contributed by atoms with E-state index in [0.717, 1.165) is 4.72 Å². The molecule has 1 fully saturated rings. The molecule has 1 amide bonds. The Bertz CT molecular complexity index is 381. The summed E-state index contributed by atoms with van der Waals surface area (Å²) in [4.78, 5) is 10.7. The lowest BCUT2D eigenvalue weighted by Crippen LogP contribution is -2.37. The van der Waals surface area contributed by atoms with Gasteiger partial charge in [0.25, 0.3) is 0 Å². The predicted molar refractivity (Wildman–Crippen MR) is 47.1 cm³/mol. The van der Waals surface area contributed by atoms with E-state index in [1.54, 1.807) is 0 Å². The zero-order valence-corrected chi connectivity index (χ0v) is 9.03. The first-order valence-electron chi connectivity index (χ1n) is 4.31. The van der Waals surface area contributed by atoms with E-state index in [1.165, 1.54) is 0 Å². The van der Waals surface area contributed by atoms with Gasteiger partial charge in [0.2, 0.25) is 0 Å². The van der Waals surface area contributed by atoms with Crippen molar-refractivity contribution in [2.45, 2.75) is 24.6 Å². The summed E-state index contributed by atoms with van der Waals surface area (Å²) < 4.78 is 40.0. The van der Waals surface area contributed by atoms with Gasteiger partial charge in [0.1, 0.15) is 24.9 Å². The van der Waals surface area contributed by atoms with E-state index in [-0.39, 0.29) is 0 Å². The number of carbonyl (C=O) groups is 1. The number of aliphatic hydroxyl groups is 3. The number of hydrogen-bond donors (Lipinski definition) is 4. The lowest BCUT2D eigenvalue weighted by Gasteiger charge is -2.15. The SMILES string of the molecule is O=C(NS(=O)(=O)[O-])OC[C@H]1O[C@H](O)[C@@H](O)[C@@H]1O. The lowest BCUT2D eigenvalue weighted by molar-refractivity contribution is -0.133. The molecule has 1 heterocycles. The predicted octanol–water partition coefficient (Wildman–Crippen LogP) is -3.39. The van der Waals surface area contributed by atoms with Crippen molar-refractivity contribution in [2.75, 3.05) is 6.61 Å². The van der Waals surface area contributed by atoms with E-state index in [0.29, 0.717) is 0 Å². The maximum atomic E-state index is 10.7. The van der Waals surface area contributed by atoms with Crippen LogP contribution in [0.25, 0.3) is 0 Å². The molecule has 0 aromatic rings. The molecule has 4 N–H and O–H groups in total. The Morgan fingerprint density at radius 2 is 1.94 bits per heavy atom. The summed E-state index contributed by atoms with van der Waals surface area (Å²) >= 11 is 0. The highest BCUT2D eigenvalue weighted by Crippen LogP contribution is 2.19. The minimum atomic E-state index is -4.98. The van der Waals surface area contributed by atoms with Crippen molar-refractivity contribution in [3.05, 3.63) is 0 Å². The molecule has 100 valence electrons. The van der Waals surface area contributed by atoms with E-state index in [4.69, 9.17) is 10.2 Å². The fourth-order valence-electron chi connectivity index (χ4n) is 1.16. The van der Waals surface area contributed by atoms with Crippen molar-refractivity contribution in [3.8, 4) is 0 Å². The average molecular weight is 272 g/mol. The van der Waals surface area contributed by atoms with Gasteiger partial charge in [0, 0.05) is 0 Å². The van der Waals surface area contributed by atoms with Crippen LogP contribution < -0.4 is 4.72 Å². The standard InChI is InChI=1S/C6H11NO9S/c8-3-2(16-5(10)4(3)9)1-15-6(11)7-17(12,13)14/h2-5,8-10H,1H2,(H,7,11)(H,12,13,14)/p-1/t2-,3-,4+,5+/m1/s1. The number of nitrogens with one attached hydrogen (secondary N) is 1. The molecule has 17 heavy (non-hydrogen) atoms. The van der Waals surface area contributed by atoms with Crippen molar-refractivity contribution >= 4 is 16.4 Å². The first-order valence-corrected chi connectivity index (χ1v) is 5.71. The average Bonchev–Trinajstić information content (AvgIpc) is 2.40. The molecule has 0 saturated carbocycles. The third-order valence-electron chi connectivity index (χ3n) is 1.92. The van der Waals surface area contributed by atoms with Crippen LogP contribution in [0.2, 0.25) is 0 Å². The second-order valence-corrected chi connectivity index (χ2v) is 4.31. The molecule has 1 rings (SSSR count). The molecule has 1 saturated heterocycles. The number of hydrogen-bond acceptors (Lipinski definition) is 9. The van der Waals surface area contributed by atoms with Crippen LogP contribution in [-0.2, 0) is 19.8 Å². The van der Waals surface area contributed by atoms with E-state index in [1.807, 2.05) is 0 Å². The monoisotopic (exact) mass is 272 g/mol. The number of carbonyl (C=O) groups excluding carboxylic acids is 1. The van der Waals surface area contributed by atoms with Crippen molar-refractivity contribution in [1.29, 1.82) is 0 Å². The summed E-state index contributed by atoms with van der Waals surface area (Å²) in [6, 6.07) is 0. The fourth-order valence-corrected chi connectivity index (χ4v) is 1.42. The van der Waals surface area contributed by atoms with Gasteiger partial charge in [-0.05, 0) is 0 Å². The molecule has 0 bridgehead atoms. The van der Waals surface area contributed by atoms with Crippen molar-refractivity contribution in [3.63, 3.8) is 0 Å². The van der Waals surface area contributed by atoms with Crippen LogP contribution in [0.5, 0.6) is 0 Å². The molecule has 0 aromatic heterocycles. The van der Waals surface area contributed by atoms with Gasteiger partial charge in [-0.15, -0.1) is 0 Å². The molecule has 1 aliphatic heterocycles. The van der Waals surface area contributed by atoms with E-state index in [2.05, 4.69) is 9.47 Å². The van der Waals surface area contributed by atoms with Gasteiger partial charge in [0.15, 0.2) is 16.6 Å². The zero-order valence-electron chi connectivity index (χ0n) is 8.22.